The van der Waals surface area contributed by atoms with Crippen LogP contribution in [0, 0.1) is 25.7 Å². The minimum Gasteiger partial charge on any atom is -0.347 e. The number of rotatable bonds is 6. The van der Waals surface area contributed by atoms with Crippen LogP contribution in [-0.4, -0.2) is 72.5 Å². The number of fused-ring (bicyclic) bond motifs is 1. The molecule has 2 aliphatic rings. The van der Waals surface area contributed by atoms with Gasteiger partial charge < -0.3 is 20.4 Å². The van der Waals surface area contributed by atoms with E-state index < -0.39 is 0 Å². The Morgan fingerprint density at radius 3 is 2.19 bits per heavy atom. The molecule has 0 radical (unpaired) electrons. The number of aromatic nitrogens is 2. The molecule has 2 aromatic rings. The average molecular weight is 423 g/mol. The van der Waals surface area contributed by atoms with Crippen molar-refractivity contribution in [3.63, 3.8) is 0 Å². The van der Waals surface area contributed by atoms with E-state index in [9.17, 15) is 4.79 Å². The highest BCUT2D eigenvalue weighted by molar-refractivity contribution is 5.96. The van der Waals surface area contributed by atoms with Gasteiger partial charge in [0.05, 0.1) is 17.0 Å². The Morgan fingerprint density at radius 1 is 1.06 bits per heavy atom. The molecule has 1 aromatic carbocycles. The highest BCUT2D eigenvalue weighted by Gasteiger charge is 2.42. The Labute approximate surface area is 185 Å². The van der Waals surface area contributed by atoms with Gasteiger partial charge >= 0.3 is 0 Å². The predicted octanol–water partition coefficient (Wildman–Crippen LogP) is 2.25. The minimum absolute atomic E-state index is 0.0763. The summed E-state index contributed by atoms with van der Waals surface area (Å²) in [6.07, 6.45) is 0.958. The summed E-state index contributed by atoms with van der Waals surface area (Å²) in [5.74, 6) is 1.81. The maximum absolute atomic E-state index is 13.3. The maximum atomic E-state index is 13.3. The predicted molar refractivity (Wildman–Crippen MR) is 123 cm³/mol. The van der Waals surface area contributed by atoms with E-state index in [1.165, 1.54) is 5.56 Å². The molecule has 0 aliphatic carbocycles. The molecule has 1 aromatic heterocycles. The first-order chi connectivity index (χ1) is 14.8. The van der Waals surface area contributed by atoms with Crippen molar-refractivity contribution in [2.24, 2.45) is 17.6 Å². The number of anilines is 1. The van der Waals surface area contributed by atoms with Gasteiger partial charge in [-0.05, 0) is 44.2 Å². The van der Waals surface area contributed by atoms with Crippen LogP contribution in [0.25, 0.3) is 0 Å². The second-order valence-electron chi connectivity index (χ2n) is 9.26. The van der Waals surface area contributed by atoms with Gasteiger partial charge in [-0.15, -0.1) is 0 Å². The molecule has 3 heterocycles. The molecule has 0 bridgehead atoms. The summed E-state index contributed by atoms with van der Waals surface area (Å²) < 4.78 is 0. The lowest BCUT2D eigenvalue weighted by Crippen LogP contribution is -2.35. The Hall–Kier alpha value is -2.51. The highest BCUT2D eigenvalue weighted by atomic mass is 16.2. The molecular formula is C24H34N6O. The molecule has 7 nitrogen and oxygen atoms in total. The van der Waals surface area contributed by atoms with Crippen LogP contribution < -0.4 is 10.6 Å². The van der Waals surface area contributed by atoms with Gasteiger partial charge in [0.15, 0.2) is 0 Å². The number of aryl methyl sites for hydroxylation is 2. The molecule has 4 rings (SSSR count). The summed E-state index contributed by atoms with van der Waals surface area (Å²) in [6, 6.07) is 10.4. The molecule has 3 atom stereocenters. The lowest BCUT2D eigenvalue weighted by Gasteiger charge is -2.24. The monoisotopic (exact) mass is 422 g/mol. The van der Waals surface area contributed by atoms with Gasteiger partial charge in [-0.1, -0.05) is 30.3 Å². The zero-order valence-corrected chi connectivity index (χ0v) is 19.1. The molecule has 2 unspecified atom stereocenters. The number of hydrogen-bond donors (Lipinski definition) is 1. The highest BCUT2D eigenvalue weighted by Crippen LogP contribution is 2.33. The lowest BCUT2D eigenvalue weighted by molar-refractivity contribution is 0.0771. The van der Waals surface area contributed by atoms with E-state index >= 15 is 0 Å². The third-order valence-electron chi connectivity index (χ3n) is 6.71. The van der Waals surface area contributed by atoms with E-state index in [2.05, 4.69) is 27.0 Å². The molecule has 0 spiro atoms. The molecule has 2 saturated heterocycles. The Bertz CT molecular complexity index is 894. The van der Waals surface area contributed by atoms with Crippen LogP contribution in [0.15, 0.2) is 30.3 Å². The van der Waals surface area contributed by atoms with Crippen molar-refractivity contribution in [2.75, 3.05) is 51.7 Å². The second kappa shape index (κ2) is 8.93. The maximum Gasteiger partial charge on any atom is 0.257 e. The topological polar surface area (TPSA) is 78.6 Å². The molecule has 166 valence electrons. The third-order valence-corrected chi connectivity index (χ3v) is 6.71. The fourth-order valence-electron chi connectivity index (χ4n) is 4.99. The standard InChI is InChI=1S/C24H34N6O/c1-16-22(17(2)27-24(26-16)28(3)4)23(31)30-14-19-12-29(13-20(19)15-30)11-10-21(25)18-8-6-5-7-9-18/h5-9,19-21H,10-15,25H2,1-4H3/t19?,20?,21-/m1/s1. The van der Waals surface area contributed by atoms with Crippen molar-refractivity contribution >= 4 is 11.9 Å². The smallest absolute Gasteiger partial charge is 0.257 e. The lowest BCUT2D eigenvalue weighted by atomic mass is 10.0. The third kappa shape index (κ3) is 4.57. The second-order valence-corrected chi connectivity index (χ2v) is 9.26. The van der Waals surface area contributed by atoms with Crippen LogP contribution >= 0.6 is 0 Å². The number of carbonyl (C=O) groups excluding carboxylic acids is 1. The van der Waals surface area contributed by atoms with Crippen LogP contribution in [0.1, 0.15) is 39.8 Å². The van der Waals surface area contributed by atoms with Gasteiger partial charge in [0.1, 0.15) is 0 Å². The van der Waals surface area contributed by atoms with Gasteiger partial charge in [0, 0.05) is 46.3 Å². The van der Waals surface area contributed by atoms with E-state index in [0.29, 0.717) is 23.3 Å². The number of benzene rings is 1. The van der Waals surface area contributed by atoms with E-state index in [1.54, 1.807) is 0 Å². The van der Waals surface area contributed by atoms with Crippen molar-refractivity contribution < 1.29 is 4.79 Å². The van der Waals surface area contributed by atoms with Gasteiger partial charge in [0.25, 0.3) is 5.91 Å². The van der Waals surface area contributed by atoms with Gasteiger partial charge in [0.2, 0.25) is 5.95 Å². The van der Waals surface area contributed by atoms with Crippen LogP contribution in [0.3, 0.4) is 0 Å². The molecule has 7 heteroatoms. The minimum atomic E-state index is 0.0763. The molecule has 2 fully saturated rings. The Kier molecular flexibility index (Phi) is 6.25. The van der Waals surface area contributed by atoms with Gasteiger partial charge in [-0.25, -0.2) is 9.97 Å². The average Bonchev–Trinajstić information content (AvgIpc) is 3.31. The molecule has 1 amide bonds. The van der Waals surface area contributed by atoms with Crippen LogP contribution in [-0.2, 0) is 0 Å². The first kappa shape index (κ1) is 21.7. The van der Waals surface area contributed by atoms with Crippen LogP contribution in [0.5, 0.6) is 0 Å². The first-order valence-corrected chi connectivity index (χ1v) is 11.2. The van der Waals surface area contributed by atoms with Gasteiger partial charge in [-0.2, -0.15) is 0 Å². The first-order valence-electron chi connectivity index (χ1n) is 11.2. The van der Waals surface area contributed by atoms with Crippen molar-refractivity contribution in [2.45, 2.75) is 26.3 Å². The molecule has 0 saturated carbocycles. The summed E-state index contributed by atoms with van der Waals surface area (Å²) in [5.41, 5.74) is 9.76. The number of nitrogens with zero attached hydrogens (tertiary/aromatic N) is 5. The number of hydrogen-bond acceptors (Lipinski definition) is 6. The fraction of sp³-hybridized carbons (Fsp3) is 0.542. The van der Waals surface area contributed by atoms with Crippen LogP contribution in [0.2, 0.25) is 0 Å². The molecule has 31 heavy (non-hydrogen) atoms. The summed E-state index contributed by atoms with van der Waals surface area (Å²) in [6.45, 7) is 8.55. The zero-order chi connectivity index (χ0) is 22.1. The van der Waals surface area contributed by atoms with E-state index in [-0.39, 0.29) is 11.9 Å². The fourth-order valence-corrected chi connectivity index (χ4v) is 4.99. The summed E-state index contributed by atoms with van der Waals surface area (Å²) >= 11 is 0. The van der Waals surface area contributed by atoms with E-state index in [0.717, 1.165) is 50.5 Å². The number of likely N-dealkylation sites (tertiary alicyclic amines) is 2. The normalized spacial score (nSPS) is 21.9. The number of carbonyl (C=O) groups is 1. The zero-order valence-electron chi connectivity index (χ0n) is 19.1. The number of amides is 1. The molecular weight excluding hydrogens is 388 g/mol. The summed E-state index contributed by atoms with van der Waals surface area (Å²) in [5, 5.41) is 0. The van der Waals surface area contributed by atoms with Crippen LogP contribution in [0.4, 0.5) is 5.95 Å². The Balaban J connectivity index is 1.33. The van der Waals surface area contributed by atoms with E-state index in [1.807, 2.05) is 55.9 Å². The number of nitrogens with two attached hydrogens (primary N) is 1. The van der Waals surface area contributed by atoms with Crippen molar-refractivity contribution in [1.82, 2.24) is 19.8 Å². The quantitative estimate of drug-likeness (QED) is 0.769. The Morgan fingerprint density at radius 2 is 1.65 bits per heavy atom. The largest absolute Gasteiger partial charge is 0.347 e. The summed E-state index contributed by atoms with van der Waals surface area (Å²) in [7, 11) is 3.83. The SMILES string of the molecule is Cc1nc(N(C)C)nc(C)c1C(=O)N1CC2CN(CC[C@@H](N)c3ccccc3)CC2C1. The molecule has 2 N–H and O–H groups in total. The van der Waals surface area contributed by atoms with Crippen molar-refractivity contribution in [3.8, 4) is 0 Å². The van der Waals surface area contributed by atoms with Crippen molar-refractivity contribution in [3.05, 3.63) is 52.8 Å². The summed E-state index contributed by atoms with van der Waals surface area (Å²) in [4.78, 5) is 28.7. The van der Waals surface area contributed by atoms with E-state index in [4.69, 9.17) is 5.73 Å². The van der Waals surface area contributed by atoms with Gasteiger partial charge in [-0.3, -0.25) is 4.79 Å². The van der Waals surface area contributed by atoms with Crippen molar-refractivity contribution in [1.29, 1.82) is 0 Å². The molecule has 2 aliphatic heterocycles.